The van der Waals surface area contributed by atoms with E-state index in [1.54, 1.807) is 19.1 Å². The predicted molar refractivity (Wildman–Crippen MR) is 91.9 cm³/mol. The van der Waals surface area contributed by atoms with E-state index < -0.39 is 27.6 Å². The minimum Gasteiger partial charge on any atom is -0.345 e. The molecule has 0 aliphatic rings. The first kappa shape index (κ1) is 18.7. The van der Waals surface area contributed by atoms with Crippen LogP contribution in [0.2, 0.25) is 10.0 Å². The molecule has 4 nitrogen and oxygen atoms in total. The van der Waals surface area contributed by atoms with Crippen LogP contribution in [0.15, 0.2) is 41.3 Å². The van der Waals surface area contributed by atoms with Gasteiger partial charge in [0.15, 0.2) is 9.84 Å². The lowest BCUT2D eigenvalue weighted by atomic mass is 10.1. The fourth-order valence-corrected chi connectivity index (χ4v) is 3.33. The average Bonchev–Trinajstić information content (AvgIpc) is 2.45. The highest BCUT2D eigenvalue weighted by molar-refractivity contribution is 7.90. The van der Waals surface area contributed by atoms with E-state index in [4.69, 9.17) is 23.2 Å². The summed E-state index contributed by atoms with van der Waals surface area (Å²) in [6.07, 6.45) is 0.984. The molecule has 2 aromatic carbocycles. The van der Waals surface area contributed by atoms with Gasteiger partial charge < -0.3 is 5.32 Å². The van der Waals surface area contributed by atoms with Crippen molar-refractivity contribution in [2.45, 2.75) is 17.9 Å². The first-order valence-electron chi connectivity index (χ1n) is 6.85. The molecule has 1 amide bonds. The zero-order valence-corrected chi connectivity index (χ0v) is 15.1. The van der Waals surface area contributed by atoms with E-state index >= 15 is 0 Å². The molecule has 0 saturated carbocycles. The van der Waals surface area contributed by atoms with Gasteiger partial charge in [-0.2, -0.15) is 0 Å². The molecule has 0 bridgehead atoms. The molecule has 0 heterocycles. The zero-order valence-electron chi connectivity index (χ0n) is 12.8. The number of rotatable bonds is 4. The third-order valence-corrected chi connectivity index (χ3v) is 5.06. The van der Waals surface area contributed by atoms with Crippen molar-refractivity contribution < 1.29 is 17.6 Å². The van der Waals surface area contributed by atoms with E-state index in [0.717, 1.165) is 24.5 Å². The highest BCUT2D eigenvalue weighted by Gasteiger charge is 2.19. The summed E-state index contributed by atoms with van der Waals surface area (Å²) < 4.78 is 37.0. The SMILES string of the molecule is C[C@@H](NC(=O)c1cc(S(C)(=O)=O)ccc1F)c1ccc(Cl)cc1Cl. The maximum atomic E-state index is 13.9. The molecule has 2 aromatic rings. The Labute approximate surface area is 149 Å². The Hall–Kier alpha value is -1.63. The largest absolute Gasteiger partial charge is 0.345 e. The van der Waals surface area contributed by atoms with Crippen LogP contribution in [0, 0.1) is 5.82 Å². The topological polar surface area (TPSA) is 63.2 Å². The summed E-state index contributed by atoms with van der Waals surface area (Å²) in [6, 6.07) is 7.35. The number of halogens is 3. The Bertz CT molecular complexity index is 900. The van der Waals surface area contributed by atoms with E-state index in [1.165, 1.54) is 6.07 Å². The second-order valence-corrected chi connectivity index (χ2v) is 8.13. The van der Waals surface area contributed by atoms with E-state index in [9.17, 15) is 17.6 Å². The van der Waals surface area contributed by atoms with Crippen molar-refractivity contribution in [1.82, 2.24) is 5.32 Å². The molecule has 1 N–H and O–H groups in total. The Kier molecular flexibility index (Phi) is 5.52. The third-order valence-electron chi connectivity index (χ3n) is 3.39. The van der Waals surface area contributed by atoms with E-state index in [0.29, 0.717) is 15.6 Å². The molecule has 0 spiro atoms. The fraction of sp³-hybridized carbons (Fsp3) is 0.188. The normalized spacial score (nSPS) is 12.7. The van der Waals surface area contributed by atoms with Crippen LogP contribution in [0.3, 0.4) is 0 Å². The summed E-state index contributed by atoms with van der Waals surface area (Å²) in [5.74, 6) is -1.55. The number of amides is 1. The van der Waals surface area contributed by atoms with E-state index in [1.807, 2.05) is 0 Å². The maximum Gasteiger partial charge on any atom is 0.254 e. The summed E-state index contributed by atoms with van der Waals surface area (Å²) in [7, 11) is -3.55. The van der Waals surface area contributed by atoms with Gasteiger partial charge in [-0.1, -0.05) is 29.3 Å². The number of nitrogens with one attached hydrogen (secondary N) is 1. The number of carbonyl (C=O) groups is 1. The molecular formula is C16H14Cl2FNO3S. The molecule has 0 unspecified atom stereocenters. The van der Waals surface area contributed by atoms with Gasteiger partial charge in [-0.3, -0.25) is 4.79 Å². The van der Waals surface area contributed by atoms with Crippen molar-refractivity contribution in [3.8, 4) is 0 Å². The van der Waals surface area contributed by atoms with E-state index in [-0.39, 0.29) is 10.5 Å². The summed E-state index contributed by atoms with van der Waals surface area (Å²) >= 11 is 11.9. The van der Waals surface area contributed by atoms with Crippen molar-refractivity contribution in [1.29, 1.82) is 0 Å². The van der Waals surface area contributed by atoms with Crippen LogP contribution in [-0.4, -0.2) is 20.6 Å². The fourth-order valence-electron chi connectivity index (χ4n) is 2.11. The zero-order chi connectivity index (χ0) is 18.1. The number of hydrogen-bond donors (Lipinski definition) is 1. The summed E-state index contributed by atoms with van der Waals surface area (Å²) in [5, 5.41) is 3.41. The molecular weight excluding hydrogens is 376 g/mol. The van der Waals surface area contributed by atoms with Crippen LogP contribution < -0.4 is 5.32 Å². The minimum absolute atomic E-state index is 0.133. The predicted octanol–water partition coefficient (Wildman–Crippen LogP) is 4.03. The van der Waals surface area contributed by atoms with Gasteiger partial charge in [-0.15, -0.1) is 0 Å². The molecule has 0 saturated heterocycles. The quantitative estimate of drug-likeness (QED) is 0.802. The number of sulfone groups is 1. The van der Waals surface area contributed by atoms with E-state index in [2.05, 4.69) is 5.32 Å². The van der Waals surface area contributed by atoms with Crippen molar-refractivity contribution >= 4 is 38.9 Å². The summed E-state index contributed by atoms with van der Waals surface area (Å²) in [5.41, 5.74) is 0.254. The first-order valence-corrected chi connectivity index (χ1v) is 9.49. The van der Waals surface area contributed by atoms with Gasteiger partial charge >= 0.3 is 0 Å². The summed E-state index contributed by atoms with van der Waals surface area (Å²) in [4.78, 5) is 12.2. The van der Waals surface area contributed by atoms with Crippen LogP contribution in [-0.2, 0) is 9.84 Å². The van der Waals surface area contributed by atoms with Crippen LogP contribution >= 0.6 is 23.2 Å². The van der Waals surface area contributed by atoms with Crippen molar-refractivity contribution in [3.05, 3.63) is 63.4 Å². The van der Waals surface area contributed by atoms with Gasteiger partial charge in [-0.05, 0) is 42.8 Å². The van der Waals surface area contributed by atoms with Crippen LogP contribution in [0.4, 0.5) is 4.39 Å². The maximum absolute atomic E-state index is 13.9. The molecule has 8 heteroatoms. The van der Waals surface area contributed by atoms with Crippen LogP contribution in [0.25, 0.3) is 0 Å². The second-order valence-electron chi connectivity index (χ2n) is 5.27. The van der Waals surface area contributed by atoms with Crippen molar-refractivity contribution in [2.75, 3.05) is 6.26 Å². The first-order chi connectivity index (χ1) is 11.1. The molecule has 0 fully saturated rings. The molecule has 24 heavy (non-hydrogen) atoms. The highest BCUT2D eigenvalue weighted by Crippen LogP contribution is 2.26. The Balaban J connectivity index is 2.29. The number of benzene rings is 2. The van der Waals surface area contributed by atoms with Crippen molar-refractivity contribution in [3.63, 3.8) is 0 Å². The molecule has 0 aromatic heterocycles. The average molecular weight is 390 g/mol. The summed E-state index contributed by atoms with van der Waals surface area (Å²) in [6.45, 7) is 1.67. The monoisotopic (exact) mass is 389 g/mol. The van der Waals surface area contributed by atoms with Gasteiger partial charge in [0.25, 0.3) is 5.91 Å². The lowest BCUT2D eigenvalue weighted by molar-refractivity contribution is 0.0935. The Morgan fingerprint density at radius 3 is 2.42 bits per heavy atom. The molecule has 128 valence electrons. The number of hydrogen-bond acceptors (Lipinski definition) is 3. The van der Waals surface area contributed by atoms with Gasteiger partial charge in [0, 0.05) is 16.3 Å². The molecule has 0 aliphatic carbocycles. The van der Waals surface area contributed by atoms with Gasteiger partial charge in [0.1, 0.15) is 5.82 Å². The minimum atomic E-state index is -3.55. The van der Waals surface area contributed by atoms with Crippen LogP contribution in [0.5, 0.6) is 0 Å². The molecule has 1 atom stereocenters. The smallest absolute Gasteiger partial charge is 0.254 e. The van der Waals surface area contributed by atoms with Gasteiger partial charge in [-0.25, -0.2) is 12.8 Å². The second kappa shape index (κ2) is 7.09. The van der Waals surface area contributed by atoms with Gasteiger partial charge in [0.05, 0.1) is 16.5 Å². The third kappa shape index (κ3) is 4.26. The lowest BCUT2D eigenvalue weighted by Gasteiger charge is -2.16. The number of carbonyl (C=O) groups excluding carboxylic acids is 1. The Morgan fingerprint density at radius 1 is 1.17 bits per heavy atom. The molecule has 0 aliphatic heterocycles. The van der Waals surface area contributed by atoms with Crippen LogP contribution in [0.1, 0.15) is 28.9 Å². The van der Waals surface area contributed by atoms with Crippen molar-refractivity contribution in [2.24, 2.45) is 0 Å². The highest BCUT2D eigenvalue weighted by atomic mass is 35.5. The molecule has 2 rings (SSSR count). The lowest BCUT2D eigenvalue weighted by Crippen LogP contribution is -2.27. The standard InChI is InChI=1S/C16H14Cl2FNO3S/c1-9(12-5-3-10(17)7-14(12)18)20-16(21)13-8-11(24(2,22)23)4-6-15(13)19/h3-9H,1-2H3,(H,20,21)/t9-/m1/s1. The molecule has 0 radical (unpaired) electrons. The van der Waals surface area contributed by atoms with Gasteiger partial charge in [0.2, 0.25) is 0 Å². The Morgan fingerprint density at radius 2 is 1.83 bits per heavy atom.